The Kier molecular flexibility index (Phi) is 4.41. The minimum Gasteiger partial charge on any atom is -0.856 e. The number of para-hydroxylation sites is 2. The Morgan fingerprint density at radius 1 is 0.867 bits per heavy atom. The van der Waals surface area contributed by atoms with Gasteiger partial charge in [0.05, 0.1) is 5.69 Å². The van der Waals surface area contributed by atoms with Crippen molar-refractivity contribution in [2.75, 3.05) is 0 Å². The Hall–Kier alpha value is -4.12. The van der Waals surface area contributed by atoms with Crippen LogP contribution in [0.15, 0.2) is 102 Å². The zero-order valence-corrected chi connectivity index (χ0v) is 16.5. The van der Waals surface area contributed by atoms with E-state index in [9.17, 15) is 5.11 Å². The van der Waals surface area contributed by atoms with Crippen LogP contribution in [0.2, 0.25) is 0 Å². The summed E-state index contributed by atoms with van der Waals surface area (Å²) in [7, 11) is 0. The molecule has 0 saturated carbocycles. The molecule has 30 heavy (non-hydrogen) atoms. The first-order chi connectivity index (χ1) is 14.7. The minimum absolute atomic E-state index is 0.276. The van der Waals surface area contributed by atoms with Gasteiger partial charge >= 0.3 is 0 Å². The van der Waals surface area contributed by atoms with Crippen molar-refractivity contribution in [3.05, 3.63) is 109 Å². The van der Waals surface area contributed by atoms with Gasteiger partial charge in [0.15, 0.2) is 11.4 Å². The quantitative estimate of drug-likeness (QED) is 0.281. The van der Waals surface area contributed by atoms with E-state index in [2.05, 4.69) is 10.1 Å². The van der Waals surface area contributed by atoms with Crippen LogP contribution in [0, 0.1) is 6.92 Å². The first kappa shape index (κ1) is 17.9. The Labute approximate surface area is 174 Å². The van der Waals surface area contributed by atoms with Gasteiger partial charge in [0, 0.05) is 24.5 Å². The van der Waals surface area contributed by atoms with Gasteiger partial charge in [-0.3, -0.25) is 4.99 Å². The second kappa shape index (κ2) is 7.37. The fourth-order valence-electron chi connectivity index (χ4n) is 3.77. The summed E-state index contributed by atoms with van der Waals surface area (Å²) in [5, 5.41) is 16.8. The summed E-state index contributed by atoms with van der Waals surface area (Å²) in [4.78, 5) is 4.38. The van der Waals surface area contributed by atoms with Crippen molar-refractivity contribution in [3.63, 3.8) is 0 Å². The lowest BCUT2D eigenvalue weighted by atomic mass is 10.1. The molecule has 3 aromatic carbocycles. The number of benzene rings is 3. The molecule has 0 fully saturated rings. The molecule has 146 valence electrons. The fourth-order valence-corrected chi connectivity index (χ4v) is 3.77. The lowest BCUT2D eigenvalue weighted by Gasteiger charge is -2.11. The molecular formula is C25H20N4O. The third kappa shape index (κ3) is 3.06. The first-order valence-corrected chi connectivity index (χ1v) is 9.80. The number of fused-ring (bicyclic) bond motifs is 1. The topological polar surface area (TPSA) is 59.5 Å². The maximum atomic E-state index is 13.4. The van der Waals surface area contributed by atoms with E-state index in [1.807, 2.05) is 113 Å². The number of aromatic nitrogens is 3. The molecule has 2 heterocycles. The zero-order chi connectivity index (χ0) is 20.5. The lowest BCUT2D eigenvalue weighted by Crippen LogP contribution is -2.36. The monoisotopic (exact) mass is 392 g/mol. The number of nitrogens with zero attached hydrogens (tertiary/aromatic N) is 3. The van der Waals surface area contributed by atoms with Crippen LogP contribution in [0.1, 0.15) is 11.5 Å². The summed E-state index contributed by atoms with van der Waals surface area (Å²) in [6, 6.07) is 31.3. The van der Waals surface area contributed by atoms with E-state index >= 15 is 0 Å². The predicted molar refractivity (Wildman–Crippen MR) is 116 cm³/mol. The van der Waals surface area contributed by atoms with Crippen LogP contribution in [0.4, 0.5) is 5.69 Å². The Morgan fingerprint density at radius 3 is 2.13 bits per heavy atom. The van der Waals surface area contributed by atoms with Crippen molar-refractivity contribution in [1.82, 2.24) is 9.50 Å². The van der Waals surface area contributed by atoms with Crippen LogP contribution in [-0.2, 0) is 0 Å². The summed E-state index contributed by atoms with van der Waals surface area (Å²) in [5.74, 6) is 0.618. The van der Waals surface area contributed by atoms with Gasteiger partial charge in [-0.05, 0) is 29.8 Å². The summed E-state index contributed by atoms with van der Waals surface area (Å²) >= 11 is 0. The number of H-pyrrole nitrogens is 1. The number of hydrogen-bond donors (Lipinski definition) is 1. The molecule has 0 radical (unpaired) electrons. The number of rotatable bonds is 4. The highest BCUT2D eigenvalue weighted by Gasteiger charge is 2.25. The van der Waals surface area contributed by atoms with Crippen molar-refractivity contribution >= 4 is 17.2 Å². The second-order valence-electron chi connectivity index (χ2n) is 7.08. The molecule has 0 bridgehead atoms. The SMILES string of the molecule is Cc1n2c(C([O-])=Nc3ccccc3)c(-c3ccccc3)cc2[nH][n+]1-c1ccccc1. The highest BCUT2D eigenvalue weighted by Crippen LogP contribution is 2.28. The summed E-state index contributed by atoms with van der Waals surface area (Å²) in [5.41, 5.74) is 4.85. The van der Waals surface area contributed by atoms with Crippen molar-refractivity contribution < 1.29 is 9.79 Å². The average Bonchev–Trinajstić information content (AvgIpc) is 3.32. The highest BCUT2D eigenvalue weighted by molar-refractivity contribution is 5.99. The molecule has 5 rings (SSSR count). The Balaban J connectivity index is 1.77. The van der Waals surface area contributed by atoms with Gasteiger partial charge in [-0.25, -0.2) is 0 Å². The predicted octanol–water partition coefficient (Wildman–Crippen LogP) is 3.96. The van der Waals surface area contributed by atoms with Gasteiger partial charge in [-0.15, -0.1) is 4.68 Å². The normalized spacial score (nSPS) is 11.8. The molecule has 0 amide bonds. The molecule has 0 spiro atoms. The maximum absolute atomic E-state index is 13.4. The third-order valence-electron chi connectivity index (χ3n) is 5.16. The highest BCUT2D eigenvalue weighted by atomic mass is 16.3. The van der Waals surface area contributed by atoms with Gasteiger partial charge in [0.2, 0.25) is 5.65 Å². The average molecular weight is 392 g/mol. The molecular weight excluding hydrogens is 372 g/mol. The van der Waals surface area contributed by atoms with E-state index in [1.165, 1.54) is 0 Å². The maximum Gasteiger partial charge on any atom is 0.284 e. The number of aromatic amines is 1. The molecule has 0 atom stereocenters. The molecule has 1 N–H and O–H groups in total. The van der Waals surface area contributed by atoms with E-state index < -0.39 is 0 Å². The molecule has 0 aliphatic rings. The molecule has 2 aromatic heterocycles. The lowest BCUT2D eigenvalue weighted by molar-refractivity contribution is -0.662. The van der Waals surface area contributed by atoms with Gasteiger partial charge < -0.3 is 5.11 Å². The minimum atomic E-state index is -0.276. The number of nitrogens with one attached hydrogen (secondary N) is 1. The second-order valence-corrected chi connectivity index (χ2v) is 7.08. The molecule has 0 saturated heterocycles. The Bertz CT molecular complexity index is 1330. The van der Waals surface area contributed by atoms with Crippen LogP contribution in [-0.4, -0.2) is 15.4 Å². The molecule has 0 aliphatic carbocycles. The van der Waals surface area contributed by atoms with Crippen LogP contribution < -0.4 is 9.79 Å². The number of aliphatic imine (C=N–C) groups is 1. The van der Waals surface area contributed by atoms with Crippen LogP contribution in [0.5, 0.6) is 0 Å². The molecule has 5 heteroatoms. The van der Waals surface area contributed by atoms with Gasteiger partial charge in [-0.2, -0.15) is 9.50 Å². The smallest absolute Gasteiger partial charge is 0.284 e. The molecule has 0 unspecified atom stereocenters. The van der Waals surface area contributed by atoms with E-state index in [-0.39, 0.29) is 5.90 Å². The van der Waals surface area contributed by atoms with E-state index in [4.69, 9.17) is 0 Å². The van der Waals surface area contributed by atoms with Crippen LogP contribution in [0.3, 0.4) is 0 Å². The number of hydrogen-bond acceptors (Lipinski definition) is 2. The zero-order valence-electron chi connectivity index (χ0n) is 16.5. The summed E-state index contributed by atoms with van der Waals surface area (Å²) in [6.45, 7) is 1.99. The van der Waals surface area contributed by atoms with Gasteiger partial charge in [0.1, 0.15) is 0 Å². The summed E-state index contributed by atoms with van der Waals surface area (Å²) in [6.07, 6.45) is 0. The van der Waals surface area contributed by atoms with E-state index in [0.717, 1.165) is 28.3 Å². The van der Waals surface area contributed by atoms with Gasteiger partial charge in [-0.1, -0.05) is 66.7 Å². The van der Waals surface area contributed by atoms with E-state index in [0.29, 0.717) is 11.4 Å². The first-order valence-electron chi connectivity index (χ1n) is 9.80. The Morgan fingerprint density at radius 2 is 1.47 bits per heavy atom. The third-order valence-corrected chi connectivity index (χ3v) is 5.16. The largest absolute Gasteiger partial charge is 0.856 e. The molecule has 5 aromatic rings. The van der Waals surface area contributed by atoms with Crippen LogP contribution in [0.25, 0.3) is 22.5 Å². The standard InChI is InChI=1S/C25H20N4O/c1-18-28-23(27-29(18)21-15-9-4-10-16-21)17-22(19-11-5-2-6-12-19)24(28)25(30)26-20-13-7-3-8-14-20/h2-17H,1H3,(H-,26,27,30). The molecule has 5 nitrogen and oxygen atoms in total. The number of aryl methyl sites for hydroxylation is 1. The van der Waals surface area contributed by atoms with E-state index in [1.54, 1.807) is 0 Å². The van der Waals surface area contributed by atoms with Gasteiger partial charge in [0.25, 0.3) is 5.82 Å². The fraction of sp³-hybridized carbons (Fsp3) is 0.0400. The van der Waals surface area contributed by atoms with Crippen molar-refractivity contribution in [2.45, 2.75) is 6.92 Å². The summed E-state index contributed by atoms with van der Waals surface area (Å²) < 4.78 is 3.92. The van der Waals surface area contributed by atoms with Crippen molar-refractivity contribution in [2.24, 2.45) is 4.99 Å². The van der Waals surface area contributed by atoms with Crippen molar-refractivity contribution in [3.8, 4) is 16.8 Å². The van der Waals surface area contributed by atoms with Crippen LogP contribution >= 0.6 is 0 Å². The molecule has 0 aliphatic heterocycles. The van der Waals surface area contributed by atoms with Crippen molar-refractivity contribution in [1.29, 1.82) is 0 Å².